The van der Waals surface area contributed by atoms with Gasteiger partial charge in [0.25, 0.3) is 5.91 Å². The maximum absolute atomic E-state index is 13.8. The summed E-state index contributed by atoms with van der Waals surface area (Å²) in [6.45, 7) is 3.81. The van der Waals surface area contributed by atoms with Crippen molar-refractivity contribution in [2.45, 2.75) is 30.8 Å². The van der Waals surface area contributed by atoms with Gasteiger partial charge in [0.2, 0.25) is 10.0 Å². The van der Waals surface area contributed by atoms with E-state index in [2.05, 4.69) is 0 Å². The average Bonchev–Trinajstić information content (AvgIpc) is 3.65. The van der Waals surface area contributed by atoms with Crippen molar-refractivity contribution in [3.8, 4) is 5.75 Å². The molecule has 5 rings (SSSR count). The Labute approximate surface area is 237 Å². The molecule has 0 saturated carbocycles. The predicted octanol–water partition coefficient (Wildman–Crippen LogP) is 3.59. The molecule has 0 N–H and O–H groups in total. The van der Waals surface area contributed by atoms with Crippen molar-refractivity contribution in [3.63, 3.8) is 0 Å². The molecular weight excluding hydrogens is 556 g/mol. The van der Waals surface area contributed by atoms with Crippen LogP contribution in [0.2, 0.25) is 0 Å². The first-order chi connectivity index (χ1) is 19.3. The Hall–Kier alpha value is -3.26. The SMILES string of the molecule is CCOC(=O)N1CCN(S(=O)(=O)c2ccc(C(=O)N(CC3CCCO3)c3nc4c(OC)cccc4s3)cc2)CC1. The molecule has 11 nitrogen and oxygen atoms in total. The lowest BCUT2D eigenvalue weighted by atomic mass is 10.2. The Balaban J connectivity index is 1.35. The number of anilines is 1. The fourth-order valence-electron chi connectivity index (χ4n) is 4.83. The number of hydrogen-bond acceptors (Lipinski definition) is 9. The number of carbonyl (C=O) groups is 2. The number of piperazine rings is 1. The highest BCUT2D eigenvalue weighted by atomic mass is 32.2. The van der Waals surface area contributed by atoms with Crippen LogP contribution in [0.3, 0.4) is 0 Å². The molecule has 40 heavy (non-hydrogen) atoms. The van der Waals surface area contributed by atoms with Crippen LogP contribution in [0, 0.1) is 0 Å². The van der Waals surface area contributed by atoms with Crippen LogP contribution in [0.5, 0.6) is 5.75 Å². The topological polar surface area (TPSA) is 119 Å². The third-order valence-electron chi connectivity index (χ3n) is 6.98. The fourth-order valence-corrected chi connectivity index (χ4v) is 7.24. The average molecular weight is 589 g/mol. The van der Waals surface area contributed by atoms with Crippen LogP contribution in [0.25, 0.3) is 10.2 Å². The fraction of sp³-hybridized carbons (Fsp3) is 0.444. The number of aromatic nitrogens is 1. The van der Waals surface area contributed by atoms with E-state index in [0.29, 0.717) is 35.1 Å². The van der Waals surface area contributed by atoms with Crippen molar-refractivity contribution in [1.82, 2.24) is 14.2 Å². The summed E-state index contributed by atoms with van der Waals surface area (Å²) in [4.78, 5) is 33.7. The molecule has 1 atom stereocenters. The lowest BCUT2D eigenvalue weighted by Crippen LogP contribution is -2.50. The Morgan fingerprint density at radius 3 is 2.52 bits per heavy atom. The zero-order valence-corrected chi connectivity index (χ0v) is 24.1. The number of ether oxygens (including phenoxy) is 3. The largest absolute Gasteiger partial charge is 0.494 e. The van der Waals surface area contributed by atoms with Crippen LogP contribution < -0.4 is 9.64 Å². The number of para-hydroxylation sites is 1. The molecule has 214 valence electrons. The third kappa shape index (κ3) is 5.78. The highest BCUT2D eigenvalue weighted by Crippen LogP contribution is 2.35. The molecule has 1 aromatic heterocycles. The third-order valence-corrected chi connectivity index (χ3v) is 9.94. The van der Waals surface area contributed by atoms with E-state index >= 15 is 0 Å². The van der Waals surface area contributed by atoms with Crippen molar-refractivity contribution >= 4 is 48.7 Å². The summed E-state index contributed by atoms with van der Waals surface area (Å²) in [5.74, 6) is 0.336. The van der Waals surface area contributed by atoms with Gasteiger partial charge in [-0.3, -0.25) is 9.69 Å². The number of hydrogen-bond donors (Lipinski definition) is 0. The second-order valence-corrected chi connectivity index (χ2v) is 12.4. The number of fused-ring (bicyclic) bond motifs is 1. The number of nitrogens with zero attached hydrogens (tertiary/aromatic N) is 4. The highest BCUT2D eigenvalue weighted by Gasteiger charge is 2.32. The Morgan fingerprint density at radius 2 is 1.88 bits per heavy atom. The maximum atomic E-state index is 13.8. The van der Waals surface area contributed by atoms with Crippen molar-refractivity contribution in [2.24, 2.45) is 0 Å². The number of amides is 2. The number of sulfonamides is 1. The first kappa shape index (κ1) is 28.3. The summed E-state index contributed by atoms with van der Waals surface area (Å²) in [6, 6.07) is 11.6. The van der Waals surface area contributed by atoms with E-state index in [9.17, 15) is 18.0 Å². The maximum Gasteiger partial charge on any atom is 0.409 e. The number of thiazole rings is 1. The van der Waals surface area contributed by atoms with Crippen molar-refractivity contribution in [2.75, 3.05) is 57.9 Å². The van der Waals surface area contributed by atoms with Gasteiger partial charge < -0.3 is 19.1 Å². The standard InChI is InChI=1S/C27H32N4O7S2/c1-3-37-27(33)29-13-15-30(16-14-29)40(34,35)21-11-9-19(10-12-21)25(32)31(18-20-6-5-17-38-20)26-28-24-22(36-2)7-4-8-23(24)39-26/h4,7-12,20H,3,5-6,13-18H2,1-2H3. The van der Waals surface area contributed by atoms with E-state index in [1.54, 1.807) is 18.9 Å². The van der Waals surface area contributed by atoms with E-state index in [0.717, 1.165) is 17.5 Å². The molecule has 2 fully saturated rings. The molecule has 2 aromatic carbocycles. The summed E-state index contributed by atoms with van der Waals surface area (Å²) in [5.41, 5.74) is 1.02. The van der Waals surface area contributed by atoms with E-state index in [4.69, 9.17) is 19.2 Å². The summed E-state index contributed by atoms with van der Waals surface area (Å²) in [5, 5.41) is 0.524. The zero-order valence-electron chi connectivity index (χ0n) is 22.4. The van der Waals surface area contributed by atoms with E-state index in [1.165, 1.54) is 44.8 Å². The van der Waals surface area contributed by atoms with Gasteiger partial charge in [-0.15, -0.1) is 0 Å². The number of benzene rings is 2. The summed E-state index contributed by atoms with van der Waals surface area (Å²) in [7, 11) is -2.21. The van der Waals surface area contributed by atoms with Gasteiger partial charge >= 0.3 is 6.09 Å². The summed E-state index contributed by atoms with van der Waals surface area (Å²) < 4.78 is 45.1. The van der Waals surface area contributed by atoms with Gasteiger partial charge in [-0.1, -0.05) is 17.4 Å². The smallest absolute Gasteiger partial charge is 0.409 e. The highest BCUT2D eigenvalue weighted by molar-refractivity contribution is 7.89. The normalized spacial score (nSPS) is 18.1. The number of methoxy groups -OCH3 is 1. The van der Waals surface area contributed by atoms with E-state index < -0.39 is 16.1 Å². The summed E-state index contributed by atoms with van der Waals surface area (Å²) in [6.07, 6.45) is 1.23. The first-order valence-electron chi connectivity index (χ1n) is 13.2. The van der Waals surface area contributed by atoms with E-state index in [-0.39, 0.29) is 49.7 Å². The Bertz CT molecular complexity index is 1460. The number of rotatable bonds is 8. The van der Waals surface area contributed by atoms with Crippen molar-refractivity contribution in [1.29, 1.82) is 0 Å². The Morgan fingerprint density at radius 1 is 1.12 bits per heavy atom. The van der Waals surface area contributed by atoms with Crippen molar-refractivity contribution < 1.29 is 32.2 Å². The molecular formula is C27H32N4O7S2. The summed E-state index contributed by atoms with van der Waals surface area (Å²) >= 11 is 1.39. The predicted molar refractivity (Wildman–Crippen MR) is 151 cm³/mol. The Kier molecular flexibility index (Phi) is 8.54. The zero-order chi connectivity index (χ0) is 28.3. The quantitative estimate of drug-likeness (QED) is 0.392. The molecule has 2 aliphatic rings. The van der Waals surface area contributed by atoms with Crippen LogP contribution >= 0.6 is 11.3 Å². The van der Waals surface area contributed by atoms with Crippen LogP contribution in [0.15, 0.2) is 47.4 Å². The molecule has 3 aromatic rings. The monoisotopic (exact) mass is 588 g/mol. The lowest BCUT2D eigenvalue weighted by Gasteiger charge is -2.33. The van der Waals surface area contributed by atoms with Crippen LogP contribution in [0.4, 0.5) is 9.93 Å². The molecule has 13 heteroatoms. The minimum Gasteiger partial charge on any atom is -0.494 e. The van der Waals surface area contributed by atoms with Crippen LogP contribution in [-0.2, 0) is 19.5 Å². The molecule has 0 radical (unpaired) electrons. The molecule has 0 spiro atoms. The van der Waals surface area contributed by atoms with Gasteiger partial charge in [-0.05, 0) is 56.2 Å². The minimum absolute atomic E-state index is 0.0871. The van der Waals surface area contributed by atoms with Gasteiger partial charge in [-0.2, -0.15) is 4.31 Å². The van der Waals surface area contributed by atoms with Crippen LogP contribution in [0.1, 0.15) is 30.1 Å². The van der Waals surface area contributed by atoms with Gasteiger partial charge in [0.1, 0.15) is 11.3 Å². The molecule has 1 unspecified atom stereocenters. The lowest BCUT2D eigenvalue weighted by molar-refractivity contribution is 0.0916. The molecule has 2 amide bonds. The second-order valence-electron chi connectivity index (χ2n) is 9.47. The molecule has 0 bridgehead atoms. The van der Waals surface area contributed by atoms with Crippen LogP contribution in [-0.4, -0.2) is 93.8 Å². The molecule has 3 heterocycles. The van der Waals surface area contributed by atoms with Crippen molar-refractivity contribution in [3.05, 3.63) is 48.0 Å². The van der Waals surface area contributed by atoms with Gasteiger partial charge in [0.05, 0.1) is 36.0 Å². The number of carbonyl (C=O) groups excluding carboxylic acids is 2. The van der Waals surface area contributed by atoms with Gasteiger partial charge in [-0.25, -0.2) is 18.2 Å². The van der Waals surface area contributed by atoms with E-state index in [1.807, 2.05) is 18.2 Å². The first-order valence-corrected chi connectivity index (χ1v) is 15.5. The molecule has 2 aliphatic heterocycles. The second kappa shape index (κ2) is 12.1. The minimum atomic E-state index is -3.80. The van der Waals surface area contributed by atoms with Gasteiger partial charge in [0.15, 0.2) is 5.13 Å². The van der Waals surface area contributed by atoms with Gasteiger partial charge in [0, 0.05) is 38.3 Å². The molecule has 0 aliphatic carbocycles. The molecule has 2 saturated heterocycles.